The summed E-state index contributed by atoms with van der Waals surface area (Å²) in [5.41, 5.74) is 0.394. The van der Waals surface area contributed by atoms with E-state index in [1.807, 2.05) is 6.07 Å². The maximum atomic E-state index is 12.9. The summed E-state index contributed by atoms with van der Waals surface area (Å²) < 4.78 is 25.5. The van der Waals surface area contributed by atoms with E-state index in [9.17, 15) is 13.6 Å². The van der Waals surface area contributed by atoms with Crippen LogP contribution in [-0.4, -0.2) is 11.9 Å². The number of nitrogens with one attached hydrogen (secondary N) is 1. The molecule has 0 saturated carbocycles. The standard InChI is InChI=1S/C12H12F2N2O/c1-8(4-5-15)16-12(17)7-9-2-3-10(13)11(14)6-9/h2-3,6,8H,4,7H2,1H3,(H,16,17). The summed E-state index contributed by atoms with van der Waals surface area (Å²) in [6.07, 6.45) is 0.177. The van der Waals surface area contributed by atoms with Crippen molar-refractivity contribution in [1.29, 1.82) is 5.26 Å². The monoisotopic (exact) mass is 238 g/mol. The second-order valence-electron chi connectivity index (χ2n) is 3.76. The minimum Gasteiger partial charge on any atom is -0.352 e. The van der Waals surface area contributed by atoms with Crippen molar-refractivity contribution in [1.82, 2.24) is 5.32 Å². The Morgan fingerprint density at radius 1 is 1.47 bits per heavy atom. The number of hydrogen-bond acceptors (Lipinski definition) is 2. The molecule has 0 heterocycles. The van der Waals surface area contributed by atoms with E-state index in [4.69, 9.17) is 5.26 Å². The Hall–Kier alpha value is -1.96. The van der Waals surface area contributed by atoms with Crippen LogP contribution >= 0.6 is 0 Å². The molecule has 1 aromatic rings. The second kappa shape index (κ2) is 5.94. The zero-order valence-electron chi connectivity index (χ0n) is 9.34. The van der Waals surface area contributed by atoms with Gasteiger partial charge in [0.25, 0.3) is 0 Å². The third-order valence-electron chi connectivity index (χ3n) is 2.15. The number of nitriles is 1. The summed E-state index contributed by atoms with van der Waals surface area (Å²) >= 11 is 0. The lowest BCUT2D eigenvalue weighted by Crippen LogP contribution is -2.33. The van der Waals surface area contributed by atoms with Crippen LogP contribution in [0, 0.1) is 23.0 Å². The minimum atomic E-state index is -0.972. The number of carbonyl (C=O) groups is 1. The molecule has 1 N–H and O–H groups in total. The number of nitrogens with zero attached hydrogens (tertiary/aromatic N) is 1. The predicted molar refractivity (Wildman–Crippen MR) is 57.9 cm³/mol. The Balaban J connectivity index is 2.57. The van der Waals surface area contributed by atoms with E-state index < -0.39 is 11.6 Å². The first-order valence-electron chi connectivity index (χ1n) is 5.13. The molecule has 0 spiro atoms. The van der Waals surface area contributed by atoms with Crippen LogP contribution in [0.15, 0.2) is 18.2 Å². The summed E-state index contributed by atoms with van der Waals surface area (Å²) in [4.78, 5) is 11.5. The van der Waals surface area contributed by atoms with Crippen molar-refractivity contribution in [2.45, 2.75) is 25.8 Å². The van der Waals surface area contributed by atoms with Gasteiger partial charge in [0.2, 0.25) is 5.91 Å². The summed E-state index contributed by atoms with van der Waals surface area (Å²) in [6.45, 7) is 1.70. The van der Waals surface area contributed by atoms with Gasteiger partial charge >= 0.3 is 0 Å². The molecule has 5 heteroatoms. The average Bonchev–Trinajstić information content (AvgIpc) is 2.23. The smallest absolute Gasteiger partial charge is 0.224 e. The van der Waals surface area contributed by atoms with Gasteiger partial charge in [-0.25, -0.2) is 8.78 Å². The van der Waals surface area contributed by atoms with Crippen LogP contribution in [0.5, 0.6) is 0 Å². The van der Waals surface area contributed by atoms with E-state index in [2.05, 4.69) is 5.32 Å². The van der Waals surface area contributed by atoms with Crippen molar-refractivity contribution in [3.8, 4) is 6.07 Å². The Bertz CT molecular complexity index is 454. The van der Waals surface area contributed by atoms with Gasteiger partial charge in [-0.2, -0.15) is 5.26 Å². The van der Waals surface area contributed by atoms with E-state index in [0.29, 0.717) is 5.56 Å². The van der Waals surface area contributed by atoms with Crippen molar-refractivity contribution in [3.05, 3.63) is 35.4 Å². The Kier molecular flexibility index (Phi) is 4.58. The Labute approximate surface area is 98.1 Å². The van der Waals surface area contributed by atoms with E-state index in [-0.39, 0.29) is 24.8 Å². The highest BCUT2D eigenvalue weighted by Crippen LogP contribution is 2.09. The van der Waals surface area contributed by atoms with Gasteiger partial charge in [0.1, 0.15) is 0 Å². The van der Waals surface area contributed by atoms with Gasteiger partial charge in [-0.05, 0) is 24.6 Å². The Morgan fingerprint density at radius 2 is 2.18 bits per heavy atom. The molecule has 0 aliphatic rings. The maximum Gasteiger partial charge on any atom is 0.224 e. The molecule has 1 amide bonds. The fourth-order valence-corrected chi connectivity index (χ4v) is 1.35. The lowest BCUT2D eigenvalue weighted by molar-refractivity contribution is -0.121. The molecular formula is C12H12F2N2O. The molecule has 1 rings (SSSR count). The lowest BCUT2D eigenvalue weighted by atomic mass is 10.1. The van der Waals surface area contributed by atoms with E-state index in [1.165, 1.54) is 6.07 Å². The van der Waals surface area contributed by atoms with Gasteiger partial charge in [-0.3, -0.25) is 4.79 Å². The van der Waals surface area contributed by atoms with Crippen molar-refractivity contribution in [2.24, 2.45) is 0 Å². The molecule has 1 atom stereocenters. The lowest BCUT2D eigenvalue weighted by Gasteiger charge is -2.10. The molecule has 1 unspecified atom stereocenters. The van der Waals surface area contributed by atoms with Crippen LogP contribution in [0.3, 0.4) is 0 Å². The van der Waals surface area contributed by atoms with Gasteiger partial charge in [0, 0.05) is 6.04 Å². The summed E-state index contributed by atoms with van der Waals surface area (Å²) in [5.74, 6) is -2.23. The quantitative estimate of drug-likeness (QED) is 0.871. The predicted octanol–water partition coefficient (Wildman–Crippen LogP) is 1.93. The van der Waals surface area contributed by atoms with E-state index in [0.717, 1.165) is 12.1 Å². The molecular weight excluding hydrogens is 226 g/mol. The van der Waals surface area contributed by atoms with Gasteiger partial charge < -0.3 is 5.32 Å². The summed E-state index contributed by atoms with van der Waals surface area (Å²) in [6, 6.07) is 5.00. The first-order chi connectivity index (χ1) is 8.02. The molecule has 0 aliphatic heterocycles. The summed E-state index contributed by atoms with van der Waals surface area (Å²) in [5, 5.41) is 11.0. The van der Waals surface area contributed by atoms with Crippen LogP contribution in [0.2, 0.25) is 0 Å². The van der Waals surface area contributed by atoms with Gasteiger partial charge in [0.15, 0.2) is 11.6 Å². The van der Waals surface area contributed by atoms with E-state index >= 15 is 0 Å². The first-order valence-corrected chi connectivity index (χ1v) is 5.13. The molecule has 17 heavy (non-hydrogen) atoms. The SMILES string of the molecule is CC(CC#N)NC(=O)Cc1ccc(F)c(F)c1. The molecule has 0 aliphatic carbocycles. The fraction of sp³-hybridized carbons (Fsp3) is 0.333. The zero-order valence-corrected chi connectivity index (χ0v) is 9.34. The number of carbonyl (C=O) groups excluding carboxylic acids is 1. The van der Waals surface area contributed by atoms with Crippen LogP contribution in [0.1, 0.15) is 18.9 Å². The molecule has 0 aromatic heterocycles. The maximum absolute atomic E-state index is 12.9. The summed E-state index contributed by atoms with van der Waals surface area (Å²) in [7, 11) is 0. The molecule has 0 bridgehead atoms. The van der Waals surface area contributed by atoms with Crippen molar-refractivity contribution in [2.75, 3.05) is 0 Å². The van der Waals surface area contributed by atoms with Gasteiger partial charge in [-0.15, -0.1) is 0 Å². The highest BCUT2D eigenvalue weighted by Gasteiger charge is 2.09. The highest BCUT2D eigenvalue weighted by molar-refractivity contribution is 5.78. The number of halogens is 2. The zero-order chi connectivity index (χ0) is 12.8. The van der Waals surface area contributed by atoms with Crippen molar-refractivity contribution >= 4 is 5.91 Å². The normalized spacial score (nSPS) is 11.6. The van der Waals surface area contributed by atoms with Crippen LogP contribution in [-0.2, 0) is 11.2 Å². The average molecular weight is 238 g/mol. The van der Waals surface area contributed by atoms with E-state index in [1.54, 1.807) is 6.92 Å². The number of hydrogen-bond donors (Lipinski definition) is 1. The van der Waals surface area contributed by atoms with Crippen LogP contribution in [0.4, 0.5) is 8.78 Å². The Morgan fingerprint density at radius 3 is 2.76 bits per heavy atom. The number of rotatable bonds is 4. The molecule has 0 fully saturated rings. The molecule has 1 aromatic carbocycles. The molecule has 0 saturated heterocycles. The highest BCUT2D eigenvalue weighted by atomic mass is 19.2. The number of amides is 1. The first kappa shape index (κ1) is 13.1. The van der Waals surface area contributed by atoms with Crippen molar-refractivity contribution in [3.63, 3.8) is 0 Å². The second-order valence-corrected chi connectivity index (χ2v) is 3.76. The van der Waals surface area contributed by atoms with Gasteiger partial charge in [-0.1, -0.05) is 6.07 Å². The fourth-order valence-electron chi connectivity index (χ4n) is 1.35. The van der Waals surface area contributed by atoms with Gasteiger partial charge in [0.05, 0.1) is 18.9 Å². The van der Waals surface area contributed by atoms with Crippen molar-refractivity contribution < 1.29 is 13.6 Å². The third kappa shape index (κ3) is 4.19. The van der Waals surface area contributed by atoms with Crippen LogP contribution < -0.4 is 5.32 Å². The molecule has 0 radical (unpaired) electrons. The van der Waals surface area contributed by atoms with Crippen LogP contribution in [0.25, 0.3) is 0 Å². The largest absolute Gasteiger partial charge is 0.352 e. The third-order valence-corrected chi connectivity index (χ3v) is 2.15. The topological polar surface area (TPSA) is 52.9 Å². The molecule has 90 valence electrons. The molecule has 3 nitrogen and oxygen atoms in total. The minimum absolute atomic E-state index is 0.0348. The number of benzene rings is 1.